The van der Waals surface area contributed by atoms with E-state index in [1.807, 2.05) is 5.38 Å². The smallest absolute Gasteiger partial charge is 0.254 e. The van der Waals surface area contributed by atoms with Crippen LogP contribution < -0.4 is 0 Å². The number of hydrogen-bond donors (Lipinski definition) is 0. The summed E-state index contributed by atoms with van der Waals surface area (Å²) in [6.45, 7) is 2.08. The Morgan fingerprint density at radius 3 is 2.24 bits per heavy atom. The van der Waals surface area contributed by atoms with E-state index in [-0.39, 0.29) is 37.9 Å². The van der Waals surface area contributed by atoms with Crippen LogP contribution in [-0.4, -0.2) is 80.4 Å². The molecule has 7 nitrogen and oxygen atoms in total. The van der Waals surface area contributed by atoms with Gasteiger partial charge in [0.2, 0.25) is 5.91 Å². The third-order valence-electron chi connectivity index (χ3n) is 5.02. The quantitative estimate of drug-likeness (QED) is 0.761. The Morgan fingerprint density at radius 2 is 1.72 bits per heavy atom. The second-order valence-electron chi connectivity index (χ2n) is 6.48. The van der Waals surface area contributed by atoms with Gasteiger partial charge in [0.15, 0.2) is 14.6 Å². The lowest BCUT2D eigenvalue weighted by Gasteiger charge is -2.41. The van der Waals surface area contributed by atoms with E-state index in [9.17, 15) is 18.0 Å². The fourth-order valence-electron chi connectivity index (χ4n) is 3.41. The van der Waals surface area contributed by atoms with Crippen LogP contribution in [0.1, 0.15) is 23.2 Å². The third kappa shape index (κ3) is 3.45. The molecule has 2 aliphatic heterocycles. The molecule has 1 aromatic heterocycles. The average Bonchev–Trinajstić information content (AvgIpc) is 3.15. The van der Waals surface area contributed by atoms with E-state index in [1.165, 1.54) is 11.3 Å². The number of rotatable bonds is 3. The minimum Gasteiger partial charge on any atom is -0.381 e. The van der Waals surface area contributed by atoms with Crippen molar-refractivity contribution in [1.82, 2.24) is 9.80 Å². The van der Waals surface area contributed by atoms with Gasteiger partial charge >= 0.3 is 0 Å². The molecule has 2 aliphatic rings. The molecule has 2 amide bonds. The largest absolute Gasteiger partial charge is 0.381 e. The highest BCUT2D eigenvalue weighted by atomic mass is 32.2. The fraction of sp³-hybridized carbons (Fsp3) is 0.625. The molecule has 0 N–H and O–H groups in total. The molecule has 1 aromatic rings. The number of amides is 2. The van der Waals surface area contributed by atoms with Gasteiger partial charge < -0.3 is 14.5 Å². The molecule has 138 valence electrons. The van der Waals surface area contributed by atoms with Crippen molar-refractivity contribution in [1.29, 1.82) is 0 Å². The SMILES string of the molecule is CS(=O)(=O)C1(C(=O)N2CCN(C(=O)c3ccsc3)CC2)CCOCC1. The molecular weight excluding hydrogens is 364 g/mol. The third-order valence-corrected chi connectivity index (χ3v) is 7.71. The molecule has 0 aliphatic carbocycles. The van der Waals surface area contributed by atoms with Crippen LogP contribution in [0.3, 0.4) is 0 Å². The van der Waals surface area contributed by atoms with Crippen LogP contribution in [0.15, 0.2) is 16.8 Å². The number of carbonyl (C=O) groups excluding carboxylic acids is 2. The van der Waals surface area contributed by atoms with E-state index >= 15 is 0 Å². The van der Waals surface area contributed by atoms with Crippen LogP contribution in [0.5, 0.6) is 0 Å². The normalized spacial score (nSPS) is 21.2. The van der Waals surface area contributed by atoms with Gasteiger partial charge in [0.25, 0.3) is 5.91 Å². The molecule has 9 heteroatoms. The second kappa shape index (κ2) is 7.05. The van der Waals surface area contributed by atoms with Gasteiger partial charge in [-0.05, 0) is 24.3 Å². The molecule has 3 heterocycles. The van der Waals surface area contributed by atoms with Crippen molar-refractivity contribution in [3.8, 4) is 0 Å². The molecule has 0 radical (unpaired) electrons. The summed E-state index contributed by atoms with van der Waals surface area (Å²) in [5.41, 5.74) is 0.654. The number of piperazine rings is 1. The van der Waals surface area contributed by atoms with Gasteiger partial charge in [-0.25, -0.2) is 8.42 Å². The minimum absolute atomic E-state index is 0.0442. The molecule has 0 saturated carbocycles. The van der Waals surface area contributed by atoms with Gasteiger partial charge in [-0.3, -0.25) is 9.59 Å². The van der Waals surface area contributed by atoms with E-state index < -0.39 is 14.6 Å². The summed E-state index contributed by atoms with van der Waals surface area (Å²) in [4.78, 5) is 28.7. The average molecular weight is 386 g/mol. The van der Waals surface area contributed by atoms with E-state index in [0.717, 1.165) is 6.26 Å². The van der Waals surface area contributed by atoms with Gasteiger partial charge in [-0.2, -0.15) is 11.3 Å². The minimum atomic E-state index is -3.55. The Bertz CT molecular complexity index is 731. The van der Waals surface area contributed by atoms with Crippen molar-refractivity contribution < 1.29 is 22.7 Å². The van der Waals surface area contributed by atoms with Crippen molar-refractivity contribution in [3.63, 3.8) is 0 Å². The van der Waals surface area contributed by atoms with Crippen molar-refractivity contribution in [3.05, 3.63) is 22.4 Å². The summed E-state index contributed by atoms with van der Waals surface area (Å²) >= 11 is 1.47. The zero-order chi connectivity index (χ0) is 18.1. The second-order valence-corrected chi connectivity index (χ2v) is 9.58. The van der Waals surface area contributed by atoms with Gasteiger partial charge in [0, 0.05) is 51.0 Å². The van der Waals surface area contributed by atoms with E-state index in [2.05, 4.69) is 0 Å². The molecule has 0 spiro atoms. The first-order valence-electron chi connectivity index (χ1n) is 8.23. The van der Waals surface area contributed by atoms with Crippen LogP contribution in [0.2, 0.25) is 0 Å². The first-order chi connectivity index (χ1) is 11.8. The Kier molecular flexibility index (Phi) is 5.17. The van der Waals surface area contributed by atoms with Gasteiger partial charge in [0.1, 0.15) is 0 Å². The Morgan fingerprint density at radius 1 is 1.12 bits per heavy atom. The van der Waals surface area contributed by atoms with Crippen LogP contribution in [0.4, 0.5) is 0 Å². The number of carbonyl (C=O) groups is 2. The molecule has 0 bridgehead atoms. The summed E-state index contributed by atoms with van der Waals surface area (Å²) in [5, 5.41) is 3.66. The lowest BCUT2D eigenvalue weighted by molar-refractivity contribution is -0.138. The van der Waals surface area contributed by atoms with Crippen molar-refractivity contribution in [2.75, 3.05) is 45.6 Å². The summed E-state index contributed by atoms with van der Waals surface area (Å²) in [7, 11) is -3.55. The van der Waals surface area contributed by atoms with Crippen molar-refractivity contribution >= 4 is 33.0 Å². The summed E-state index contributed by atoms with van der Waals surface area (Å²) in [6.07, 6.45) is 1.52. The first-order valence-corrected chi connectivity index (χ1v) is 11.1. The zero-order valence-electron chi connectivity index (χ0n) is 14.1. The molecule has 0 unspecified atom stereocenters. The number of thiophene rings is 1. The van der Waals surface area contributed by atoms with Crippen LogP contribution in [0.25, 0.3) is 0 Å². The predicted octanol–water partition coefficient (Wildman–Crippen LogP) is 0.626. The molecule has 2 fully saturated rings. The lowest BCUT2D eigenvalue weighted by Crippen LogP contribution is -2.60. The molecule has 0 atom stereocenters. The van der Waals surface area contributed by atoms with Crippen molar-refractivity contribution in [2.45, 2.75) is 17.6 Å². The Balaban J connectivity index is 1.69. The maximum Gasteiger partial charge on any atom is 0.254 e. The van der Waals surface area contributed by atoms with Crippen LogP contribution in [-0.2, 0) is 19.4 Å². The van der Waals surface area contributed by atoms with Crippen LogP contribution in [0, 0.1) is 0 Å². The first kappa shape index (κ1) is 18.3. The Hall–Kier alpha value is -1.45. The molecule has 3 rings (SSSR count). The number of sulfone groups is 1. The van der Waals surface area contributed by atoms with Crippen molar-refractivity contribution in [2.24, 2.45) is 0 Å². The number of ether oxygens (including phenoxy) is 1. The van der Waals surface area contributed by atoms with E-state index in [0.29, 0.717) is 31.7 Å². The highest BCUT2D eigenvalue weighted by Gasteiger charge is 2.51. The monoisotopic (exact) mass is 386 g/mol. The highest BCUT2D eigenvalue weighted by molar-refractivity contribution is 7.92. The lowest BCUT2D eigenvalue weighted by atomic mass is 9.96. The summed E-state index contributed by atoms with van der Waals surface area (Å²) in [6, 6.07) is 1.78. The predicted molar refractivity (Wildman–Crippen MR) is 94.4 cm³/mol. The molecule has 2 saturated heterocycles. The standard InChI is InChI=1S/C16H22N2O5S2/c1-25(21,22)16(3-9-23-10-4-16)15(20)18-7-5-17(6-8-18)14(19)13-2-11-24-12-13/h2,11-12H,3-10H2,1H3. The van der Waals surface area contributed by atoms with Gasteiger partial charge in [-0.15, -0.1) is 0 Å². The number of hydrogen-bond acceptors (Lipinski definition) is 6. The Labute approximate surface area is 151 Å². The van der Waals surface area contributed by atoms with E-state index in [1.54, 1.807) is 21.2 Å². The number of nitrogens with zero attached hydrogens (tertiary/aromatic N) is 2. The fourth-order valence-corrected chi connectivity index (χ4v) is 5.40. The maximum atomic E-state index is 13.0. The summed E-state index contributed by atoms with van der Waals surface area (Å²) in [5.74, 6) is -0.391. The summed E-state index contributed by atoms with van der Waals surface area (Å²) < 4.78 is 28.6. The molecular formula is C16H22N2O5S2. The van der Waals surface area contributed by atoms with Gasteiger partial charge in [-0.1, -0.05) is 0 Å². The van der Waals surface area contributed by atoms with Gasteiger partial charge in [0.05, 0.1) is 5.56 Å². The van der Waals surface area contributed by atoms with Crippen LogP contribution >= 0.6 is 11.3 Å². The zero-order valence-corrected chi connectivity index (χ0v) is 15.8. The topological polar surface area (TPSA) is 84.0 Å². The van der Waals surface area contributed by atoms with E-state index in [4.69, 9.17) is 4.74 Å². The maximum absolute atomic E-state index is 13.0. The molecule has 25 heavy (non-hydrogen) atoms. The highest BCUT2D eigenvalue weighted by Crippen LogP contribution is 2.32. The molecule has 0 aromatic carbocycles.